The molecule has 2 amide bonds. The van der Waals surface area contributed by atoms with Gasteiger partial charge in [0.05, 0.1) is 10.6 Å². The molecule has 10 nitrogen and oxygen atoms in total. The number of nitro benzene ring substituents is 1. The number of benzene rings is 2. The van der Waals surface area contributed by atoms with Gasteiger partial charge in [-0.3, -0.25) is 20.5 Å². The molecule has 1 aromatic heterocycles. The number of rotatable bonds is 4. The Kier molecular flexibility index (Phi) is 5.82. The molecule has 2 N–H and O–H groups in total. The highest BCUT2D eigenvalue weighted by atomic mass is 16.6. The van der Waals surface area contributed by atoms with Crippen molar-refractivity contribution in [1.82, 2.24) is 20.4 Å². The highest BCUT2D eigenvalue weighted by molar-refractivity contribution is 5.76. The molecule has 188 valence electrons. The average molecular weight is 491 g/mol. The molecule has 2 aliphatic heterocycles. The van der Waals surface area contributed by atoms with Gasteiger partial charge in [0.1, 0.15) is 5.75 Å². The van der Waals surface area contributed by atoms with E-state index < -0.39 is 5.72 Å². The van der Waals surface area contributed by atoms with Crippen LogP contribution < -0.4 is 15.0 Å². The molecule has 2 aliphatic rings. The van der Waals surface area contributed by atoms with Crippen LogP contribution in [0.4, 0.5) is 16.2 Å². The molecule has 0 saturated carbocycles. The van der Waals surface area contributed by atoms with Crippen LogP contribution in [-0.4, -0.2) is 58.0 Å². The summed E-state index contributed by atoms with van der Waals surface area (Å²) in [6.07, 6.45) is 2.11. The van der Waals surface area contributed by atoms with Crippen molar-refractivity contribution >= 4 is 17.4 Å². The minimum atomic E-state index is -0.962. The van der Waals surface area contributed by atoms with E-state index in [0.717, 1.165) is 41.2 Å². The number of hydrogen-bond donors (Lipinski definition) is 2. The van der Waals surface area contributed by atoms with Crippen LogP contribution in [0.5, 0.6) is 5.75 Å². The van der Waals surface area contributed by atoms with E-state index in [0.29, 0.717) is 36.4 Å². The van der Waals surface area contributed by atoms with Gasteiger partial charge in [-0.1, -0.05) is 12.1 Å². The fourth-order valence-electron chi connectivity index (χ4n) is 5.20. The number of aromatic nitrogens is 2. The number of urea groups is 1. The molecule has 1 fully saturated rings. The lowest BCUT2D eigenvalue weighted by Gasteiger charge is -2.37. The maximum atomic E-state index is 13.1. The van der Waals surface area contributed by atoms with Gasteiger partial charge < -0.3 is 14.5 Å². The largest absolute Gasteiger partial charge is 0.467 e. The number of nitrogens with one attached hydrogen (secondary N) is 2. The van der Waals surface area contributed by atoms with Crippen LogP contribution in [-0.2, 0) is 6.42 Å². The normalized spacial score (nSPS) is 19.1. The molecular formula is C26H30N6O4. The molecule has 3 heterocycles. The predicted molar refractivity (Wildman–Crippen MR) is 136 cm³/mol. The number of carbonyl (C=O) groups is 1. The van der Waals surface area contributed by atoms with Gasteiger partial charge in [0, 0.05) is 66.7 Å². The van der Waals surface area contributed by atoms with Crippen LogP contribution in [0.15, 0.2) is 36.5 Å². The van der Waals surface area contributed by atoms with E-state index in [9.17, 15) is 14.9 Å². The van der Waals surface area contributed by atoms with E-state index in [2.05, 4.69) is 44.7 Å². The van der Waals surface area contributed by atoms with Crippen LogP contribution in [0, 0.1) is 30.9 Å². The van der Waals surface area contributed by atoms with Crippen molar-refractivity contribution in [2.45, 2.75) is 39.8 Å². The fraction of sp³-hybridized carbons (Fsp3) is 0.385. The fourth-order valence-corrected chi connectivity index (χ4v) is 5.20. The third-order valence-electron chi connectivity index (χ3n) is 7.35. The van der Waals surface area contributed by atoms with Crippen molar-refractivity contribution in [3.05, 3.63) is 68.9 Å². The molecule has 5 rings (SSSR count). The minimum Gasteiger partial charge on any atom is -0.467 e. The van der Waals surface area contributed by atoms with Gasteiger partial charge in [-0.25, -0.2) is 4.79 Å². The SMILES string of the molecule is Cc1c(C)c([N+](=O)[O-])c(C)c2c1OC(C)(NC(=O)N1CCN(c3ccc(-c4ccn[nH]4)cc3)CC1)C2. The Balaban J connectivity index is 1.22. The Morgan fingerprint density at radius 1 is 1.08 bits per heavy atom. The van der Waals surface area contributed by atoms with Crippen LogP contribution in [0.2, 0.25) is 0 Å². The molecular weight excluding hydrogens is 460 g/mol. The average Bonchev–Trinajstić information content (AvgIpc) is 3.51. The van der Waals surface area contributed by atoms with Crippen LogP contribution in [0.1, 0.15) is 29.2 Å². The molecule has 1 unspecified atom stereocenters. The van der Waals surface area contributed by atoms with Gasteiger partial charge in [0.15, 0.2) is 5.72 Å². The van der Waals surface area contributed by atoms with Crippen molar-refractivity contribution in [2.24, 2.45) is 0 Å². The topological polar surface area (TPSA) is 117 Å². The standard InChI is InChI=1S/C26H30N6O4/c1-16-17(2)24-21(18(3)23(16)32(34)35)15-26(4,36-24)28-25(33)31-13-11-30(12-14-31)20-7-5-19(6-8-20)22-9-10-27-29-22/h5-10H,11-15H2,1-4H3,(H,27,29)(H,28,33). The Morgan fingerprint density at radius 3 is 2.39 bits per heavy atom. The summed E-state index contributed by atoms with van der Waals surface area (Å²) in [6.45, 7) is 9.75. The molecule has 1 atom stereocenters. The third-order valence-corrected chi connectivity index (χ3v) is 7.35. The van der Waals surface area contributed by atoms with Crippen LogP contribution in [0.25, 0.3) is 11.3 Å². The number of H-pyrrole nitrogens is 1. The van der Waals surface area contributed by atoms with Crippen molar-refractivity contribution in [2.75, 3.05) is 31.1 Å². The second-order valence-corrected chi connectivity index (χ2v) is 9.72. The van der Waals surface area contributed by atoms with Crippen molar-refractivity contribution in [3.63, 3.8) is 0 Å². The molecule has 10 heteroatoms. The molecule has 0 aliphatic carbocycles. The van der Waals surface area contributed by atoms with Gasteiger partial charge in [-0.05, 0) is 51.5 Å². The summed E-state index contributed by atoms with van der Waals surface area (Å²) in [5, 5.41) is 21.6. The number of fused-ring (bicyclic) bond motifs is 1. The summed E-state index contributed by atoms with van der Waals surface area (Å²) < 4.78 is 6.22. The lowest BCUT2D eigenvalue weighted by molar-refractivity contribution is -0.386. The molecule has 0 spiro atoms. The zero-order valence-electron chi connectivity index (χ0n) is 20.9. The summed E-state index contributed by atoms with van der Waals surface area (Å²) in [4.78, 5) is 28.5. The maximum absolute atomic E-state index is 13.1. The first-order valence-electron chi connectivity index (χ1n) is 12.0. The monoisotopic (exact) mass is 490 g/mol. The Hall–Kier alpha value is -4.08. The Bertz CT molecular complexity index is 1310. The number of amides is 2. The molecule has 3 aromatic rings. The number of aromatic amines is 1. The summed E-state index contributed by atoms with van der Waals surface area (Å²) in [5.41, 5.74) is 5.05. The predicted octanol–water partition coefficient (Wildman–Crippen LogP) is 4.09. The highest BCUT2D eigenvalue weighted by Crippen LogP contribution is 2.44. The Labute approximate surface area is 209 Å². The van der Waals surface area contributed by atoms with Gasteiger partial charge in [0.2, 0.25) is 0 Å². The first-order chi connectivity index (χ1) is 17.2. The quantitative estimate of drug-likeness (QED) is 0.420. The Morgan fingerprint density at radius 2 is 1.78 bits per heavy atom. The molecule has 0 radical (unpaired) electrons. The number of ether oxygens (including phenoxy) is 1. The molecule has 1 saturated heterocycles. The summed E-state index contributed by atoms with van der Waals surface area (Å²) in [6, 6.07) is 10.0. The molecule has 36 heavy (non-hydrogen) atoms. The van der Waals surface area contributed by atoms with Crippen molar-refractivity contribution in [1.29, 1.82) is 0 Å². The lowest BCUT2D eigenvalue weighted by atomic mass is 9.94. The third kappa shape index (κ3) is 4.12. The van der Waals surface area contributed by atoms with Crippen LogP contribution in [0.3, 0.4) is 0 Å². The van der Waals surface area contributed by atoms with E-state index >= 15 is 0 Å². The van der Waals surface area contributed by atoms with E-state index in [4.69, 9.17) is 4.74 Å². The molecule has 0 bridgehead atoms. The van der Waals surface area contributed by atoms with E-state index in [1.165, 1.54) is 0 Å². The van der Waals surface area contributed by atoms with Crippen LogP contribution >= 0.6 is 0 Å². The minimum absolute atomic E-state index is 0.124. The van der Waals surface area contributed by atoms with Gasteiger partial charge >= 0.3 is 6.03 Å². The van der Waals surface area contributed by atoms with Crippen molar-refractivity contribution in [3.8, 4) is 17.0 Å². The number of nitro groups is 1. The molecule has 2 aromatic carbocycles. The first kappa shape index (κ1) is 23.7. The summed E-state index contributed by atoms with van der Waals surface area (Å²) in [5.74, 6) is 0.641. The number of anilines is 1. The van der Waals surface area contributed by atoms with Gasteiger partial charge in [-0.15, -0.1) is 0 Å². The zero-order chi connectivity index (χ0) is 25.6. The summed E-state index contributed by atoms with van der Waals surface area (Å²) >= 11 is 0. The smallest absolute Gasteiger partial charge is 0.320 e. The second kappa shape index (κ2) is 8.85. The first-order valence-corrected chi connectivity index (χ1v) is 12.0. The zero-order valence-corrected chi connectivity index (χ0v) is 20.9. The van der Waals surface area contributed by atoms with E-state index in [1.807, 2.05) is 19.9 Å². The number of nitrogens with zero attached hydrogens (tertiary/aromatic N) is 4. The summed E-state index contributed by atoms with van der Waals surface area (Å²) in [7, 11) is 0. The lowest BCUT2D eigenvalue weighted by Crippen LogP contribution is -2.58. The van der Waals surface area contributed by atoms with E-state index in [1.54, 1.807) is 24.9 Å². The van der Waals surface area contributed by atoms with Crippen molar-refractivity contribution < 1.29 is 14.5 Å². The second-order valence-electron chi connectivity index (χ2n) is 9.72. The maximum Gasteiger partial charge on any atom is 0.320 e. The number of piperazine rings is 1. The van der Waals surface area contributed by atoms with Gasteiger partial charge in [0.25, 0.3) is 5.69 Å². The van der Waals surface area contributed by atoms with E-state index in [-0.39, 0.29) is 16.6 Å². The highest BCUT2D eigenvalue weighted by Gasteiger charge is 2.42. The number of hydrogen-bond acceptors (Lipinski definition) is 6. The van der Waals surface area contributed by atoms with Gasteiger partial charge in [-0.2, -0.15) is 5.10 Å². The number of carbonyl (C=O) groups excluding carboxylic acids is 1.